The van der Waals surface area contributed by atoms with Gasteiger partial charge in [-0.25, -0.2) is 0 Å². The first-order chi connectivity index (χ1) is 13.0. The van der Waals surface area contributed by atoms with Gasteiger partial charge < -0.3 is 14.2 Å². The minimum Gasteiger partial charge on any atom is -0.496 e. The number of hydrogen-bond acceptors (Lipinski definition) is 4. The van der Waals surface area contributed by atoms with Gasteiger partial charge in [0.15, 0.2) is 5.78 Å². The molecule has 4 nitrogen and oxygen atoms in total. The second-order valence-electron chi connectivity index (χ2n) is 6.26. The van der Waals surface area contributed by atoms with Crippen molar-refractivity contribution in [1.82, 2.24) is 0 Å². The molecule has 2 rings (SSSR count). The van der Waals surface area contributed by atoms with Crippen LogP contribution in [-0.4, -0.2) is 27.1 Å². The van der Waals surface area contributed by atoms with Gasteiger partial charge in [0.05, 0.1) is 21.3 Å². The first kappa shape index (κ1) is 20.3. The summed E-state index contributed by atoms with van der Waals surface area (Å²) in [6.45, 7) is 4.05. The summed E-state index contributed by atoms with van der Waals surface area (Å²) < 4.78 is 16.6. The monoisotopic (exact) mass is 366 g/mol. The Balaban J connectivity index is 2.55. The van der Waals surface area contributed by atoms with Crippen LogP contribution in [0.5, 0.6) is 17.2 Å². The molecule has 0 saturated carbocycles. The number of methoxy groups -OCH3 is 3. The van der Waals surface area contributed by atoms with E-state index >= 15 is 0 Å². The number of hydrogen-bond donors (Lipinski definition) is 0. The maximum atomic E-state index is 13.0. The first-order valence-corrected chi connectivity index (χ1v) is 8.74. The van der Waals surface area contributed by atoms with Crippen molar-refractivity contribution in [1.29, 1.82) is 0 Å². The molecule has 0 aliphatic carbocycles. The minimum absolute atomic E-state index is 0.186. The predicted molar refractivity (Wildman–Crippen MR) is 109 cm³/mol. The molecule has 0 aromatic heterocycles. The lowest BCUT2D eigenvalue weighted by molar-refractivity contribution is 0.104. The molecule has 0 N–H and O–H groups in total. The maximum Gasteiger partial charge on any atom is 0.193 e. The van der Waals surface area contributed by atoms with E-state index in [2.05, 4.69) is 6.08 Å². The Labute approximate surface area is 161 Å². The number of benzene rings is 2. The van der Waals surface area contributed by atoms with Crippen LogP contribution in [0.25, 0.3) is 6.08 Å². The minimum atomic E-state index is -0.186. The fraction of sp³-hybridized carbons (Fsp3) is 0.261. The molecule has 0 unspecified atom stereocenters. The molecule has 0 fully saturated rings. The van der Waals surface area contributed by atoms with E-state index in [0.717, 1.165) is 11.1 Å². The van der Waals surface area contributed by atoms with Crippen molar-refractivity contribution in [3.05, 3.63) is 70.8 Å². The third kappa shape index (κ3) is 5.00. The highest BCUT2D eigenvalue weighted by Gasteiger charge is 2.23. The highest BCUT2D eigenvalue weighted by atomic mass is 16.5. The molecule has 0 bridgehead atoms. The van der Waals surface area contributed by atoms with Crippen molar-refractivity contribution >= 4 is 11.9 Å². The van der Waals surface area contributed by atoms with E-state index in [9.17, 15) is 4.79 Å². The van der Waals surface area contributed by atoms with Crippen molar-refractivity contribution in [3.63, 3.8) is 0 Å². The quantitative estimate of drug-likeness (QED) is 0.370. The fourth-order valence-electron chi connectivity index (χ4n) is 2.77. The standard InChI is InChI=1S/C23H26O4/c1-16(2)11-13-18-20(25-3)15-21(26-4)22(23(18)27-5)19(24)14-12-17-9-7-6-8-10-17/h6-12,14-15H,13H2,1-5H3/b14-12+. The number of carbonyl (C=O) groups is 1. The highest BCUT2D eigenvalue weighted by Crippen LogP contribution is 2.40. The third-order valence-electron chi connectivity index (χ3n) is 4.14. The van der Waals surface area contributed by atoms with Crippen molar-refractivity contribution in [2.45, 2.75) is 20.3 Å². The number of ether oxygens (including phenoxy) is 3. The maximum absolute atomic E-state index is 13.0. The summed E-state index contributed by atoms with van der Waals surface area (Å²) in [7, 11) is 4.68. The van der Waals surface area contributed by atoms with E-state index in [1.54, 1.807) is 26.4 Å². The molecule has 0 spiro atoms. The lowest BCUT2D eigenvalue weighted by Crippen LogP contribution is -2.07. The van der Waals surface area contributed by atoms with Crippen LogP contribution < -0.4 is 14.2 Å². The smallest absolute Gasteiger partial charge is 0.193 e. The van der Waals surface area contributed by atoms with E-state index in [1.807, 2.05) is 44.2 Å². The van der Waals surface area contributed by atoms with Gasteiger partial charge in [-0.05, 0) is 31.9 Å². The Morgan fingerprint density at radius 2 is 1.63 bits per heavy atom. The summed E-state index contributed by atoms with van der Waals surface area (Å²) >= 11 is 0. The van der Waals surface area contributed by atoms with E-state index < -0.39 is 0 Å². The van der Waals surface area contributed by atoms with E-state index in [1.165, 1.54) is 18.8 Å². The number of carbonyl (C=O) groups excluding carboxylic acids is 1. The van der Waals surface area contributed by atoms with Crippen LogP contribution in [0.4, 0.5) is 0 Å². The summed E-state index contributed by atoms with van der Waals surface area (Å²) in [5.74, 6) is 1.34. The fourth-order valence-corrected chi connectivity index (χ4v) is 2.77. The molecule has 142 valence electrons. The van der Waals surface area contributed by atoms with Crippen LogP contribution in [0.15, 0.2) is 54.1 Å². The zero-order valence-corrected chi connectivity index (χ0v) is 16.5. The molecule has 0 radical (unpaired) electrons. The van der Waals surface area contributed by atoms with E-state index in [-0.39, 0.29) is 5.78 Å². The second-order valence-corrected chi connectivity index (χ2v) is 6.26. The molecule has 0 heterocycles. The lowest BCUT2D eigenvalue weighted by Gasteiger charge is -2.18. The Morgan fingerprint density at radius 1 is 0.963 bits per heavy atom. The zero-order valence-electron chi connectivity index (χ0n) is 16.5. The molecule has 0 atom stereocenters. The van der Waals surface area contributed by atoms with Crippen LogP contribution in [-0.2, 0) is 6.42 Å². The number of ketones is 1. The predicted octanol–water partition coefficient (Wildman–Crippen LogP) is 5.12. The van der Waals surface area contributed by atoms with E-state index in [4.69, 9.17) is 14.2 Å². The van der Waals surface area contributed by atoms with Crippen LogP contribution in [0, 0.1) is 0 Å². The molecule has 0 saturated heterocycles. The first-order valence-electron chi connectivity index (χ1n) is 8.74. The normalized spacial score (nSPS) is 10.6. The Hall–Kier alpha value is -3.01. The van der Waals surface area contributed by atoms with Gasteiger partial charge >= 0.3 is 0 Å². The topological polar surface area (TPSA) is 44.8 Å². The van der Waals surface area contributed by atoms with Crippen LogP contribution in [0.3, 0.4) is 0 Å². The van der Waals surface area contributed by atoms with Gasteiger partial charge in [-0.1, -0.05) is 48.1 Å². The molecule has 2 aromatic carbocycles. The highest BCUT2D eigenvalue weighted by molar-refractivity contribution is 6.11. The largest absolute Gasteiger partial charge is 0.496 e. The summed E-state index contributed by atoms with van der Waals surface area (Å²) in [5, 5.41) is 0. The van der Waals surface area contributed by atoms with Crippen molar-refractivity contribution in [2.75, 3.05) is 21.3 Å². The molecule has 27 heavy (non-hydrogen) atoms. The Bertz CT molecular complexity index is 844. The summed E-state index contributed by atoms with van der Waals surface area (Å²) in [6, 6.07) is 11.4. The molecule has 4 heteroatoms. The third-order valence-corrected chi connectivity index (χ3v) is 4.14. The number of allylic oxidation sites excluding steroid dienone is 3. The number of rotatable bonds is 8. The second kappa shape index (κ2) is 9.62. The van der Waals surface area contributed by atoms with Crippen LogP contribution in [0.1, 0.15) is 35.3 Å². The van der Waals surface area contributed by atoms with Crippen LogP contribution >= 0.6 is 0 Å². The molecule has 0 aliphatic rings. The van der Waals surface area contributed by atoms with Gasteiger partial charge in [-0.15, -0.1) is 0 Å². The molecule has 0 aliphatic heterocycles. The molecular weight excluding hydrogens is 340 g/mol. The summed E-state index contributed by atoms with van der Waals surface area (Å²) in [4.78, 5) is 13.0. The van der Waals surface area contributed by atoms with Gasteiger partial charge in [0.2, 0.25) is 0 Å². The SMILES string of the molecule is COc1cc(OC)c(C(=O)/C=C/c2ccccc2)c(OC)c1CC=C(C)C. The average molecular weight is 366 g/mol. The van der Waals surface area contributed by atoms with Crippen molar-refractivity contribution in [3.8, 4) is 17.2 Å². The summed E-state index contributed by atoms with van der Waals surface area (Å²) in [6.07, 6.45) is 5.98. The van der Waals surface area contributed by atoms with Gasteiger partial charge in [0, 0.05) is 11.6 Å². The van der Waals surface area contributed by atoms with Crippen molar-refractivity contribution < 1.29 is 19.0 Å². The lowest BCUT2D eigenvalue weighted by atomic mass is 9.99. The van der Waals surface area contributed by atoms with Gasteiger partial charge in [-0.3, -0.25) is 4.79 Å². The molecule has 2 aromatic rings. The molecular formula is C23H26O4. The summed E-state index contributed by atoms with van der Waals surface area (Å²) in [5.41, 5.74) is 3.33. The van der Waals surface area contributed by atoms with Crippen molar-refractivity contribution in [2.24, 2.45) is 0 Å². The Morgan fingerprint density at radius 3 is 2.19 bits per heavy atom. The molecule has 0 amide bonds. The van der Waals surface area contributed by atoms with E-state index in [0.29, 0.717) is 29.2 Å². The van der Waals surface area contributed by atoms with Gasteiger partial charge in [0.25, 0.3) is 0 Å². The Kier molecular flexibility index (Phi) is 7.24. The van der Waals surface area contributed by atoms with Gasteiger partial charge in [0.1, 0.15) is 22.8 Å². The zero-order chi connectivity index (χ0) is 19.8. The van der Waals surface area contributed by atoms with Crippen LogP contribution in [0.2, 0.25) is 0 Å². The average Bonchev–Trinajstić information content (AvgIpc) is 2.69. The van der Waals surface area contributed by atoms with Gasteiger partial charge in [-0.2, -0.15) is 0 Å².